The van der Waals surface area contributed by atoms with E-state index in [-0.39, 0.29) is 5.54 Å². The van der Waals surface area contributed by atoms with Crippen LogP contribution in [0.2, 0.25) is 0 Å². The van der Waals surface area contributed by atoms with Crippen molar-refractivity contribution in [3.05, 3.63) is 71.6 Å². The number of anilines is 2. The highest BCUT2D eigenvalue weighted by Crippen LogP contribution is 2.45. The molecule has 0 atom stereocenters. The minimum atomic E-state index is -0.110. The van der Waals surface area contributed by atoms with E-state index in [1.54, 1.807) is 0 Å². The van der Waals surface area contributed by atoms with Gasteiger partial charge in [0.25, 0.3) is 0 Å². The molecule has 0 saturated carbocycles. The summed E-state index contributed by atoms with van der Waals surface area (Å²) in [5, 5.41) is 13.3. The second kappa shape index (κ2) is 6.74. The Morgan fingerprint density at radius 1 is 0.935 bits per heavy atom. The normalized spacial score (nSPS) is 14.8. The number of rotatable bonds is 2. The molecule has 0 fully saturated rings. The molecule has 0 unspecified atom stereocenters. The predicted molar refractivity (Wildman–Crippen MR) is 130 cm³/mol. The van der Waals surface area contributed by atoms with Gasteiger partial charge in [-0.25, -0.2) is 0 Å². The van der Waals surface area contributed by atoms with Crippen LogP contribution < -0.4 is 15.6 Å². The number of benzene rings is 3. The fourth-order valence-electron chi connectivity index (χ4n) is 4.68. The van der Waals surface area contributed by atoms with Crippen LogP contribution in [0.3, 0.4) is 0 Å². The van der Waals surface area contributed by atoms with E-state index in [1.807, 2.05) is 32.3 Å². The molecule has 2 aromatic rings. The van der Waals surface area contributed by atoms with Gasteiger partial charge in [-0.3, -0.25) is 0 Å². The van der Waals surface area contributed by atoms with Crippen molar-refractivity contribution < 1.29 is 4.42 Å². The first-order valence-corrected chi connectivity index (χ1v) is 10.6. The molecule has 0 aromatic heterocycles. The van der Waals surface area contributed by atoms with Gasteiger partial charge in [0.2, 0.25) is 0 Å². The maximum absolute atomic E-state index is 8.13. The van der Waals surface area contributed by atoms with Gasteiger partial charge in [0.15, 0.2) is 0 Å². The van der Waals surface area contributed by atoms with Crippen molar-refractivity contribution in [1.29, 1.82) is 5.41 Å². The summed E-state index contributed by atoms with van der Waals surface area (Å²) in [5.41, 5.74) is 8.59. The average Bonchev–Trinajstić information content (AvgIpc) is 2.70. The molecule has 4 heteroatoms. The molecule has 0 saturated heterocycles. The van der Waals surface area contributed by atoms with Crippen LogP contribution in [0.25, 0.3) is 39.0 Å². The summed E-state index contributed by atoms with van der Waals surface area (Å²) in [4.78, 5) is 2.10. The average molecular weight is 410 g/mol. The molecule has 2 N–H and O–H groups in total. The summed E-state index contributed by atoms with van der Waals surface area (Å²) in [6.45, 7) is 6.49. The first kappa shape index (κ1) is 19.4. The van der Waals surface area contributed by atoms with Gasteiger partial charge >= 0.3 is 0 Å². The molecule has 1 aliphatic carbocycles. The largest absolute Gasteiger partial charge is 0.455 e. The van der Waals surface area contributed by atoms with Crippen molar-refractivity contribution in [1.82, 2.24) is 0 Å². The Morgan fingerprint density at radius 2 is 1.68 bits per heavy atom. The van der Waals surface area contributed by atoms with Crippen LogP contribution in [0.4, 0.5) is 11.4 Å². The Bertz CT molecular complexity index is 1370. The smallest absolute Gasteiger partial charge is 0.144 e. The molecule has 2 aromatic carbocycles. The third-order valence-electron chi connectivity index (χ3n) is 5.99. The molecular weight excluding hydrogens is 382 g/mol. The number of hydrogen-bond acceptors (Lipinski definition) is 4. The minimum absolute atomic E-state index is 0.110. The lowest BCUT2D eigenvalue weighted by Gasteiger charge is -2.32. The lowest BCUT2D eigenvalue weighted by Crippen LogP contribution is -2.31. The summed E-state index contributed by atoms with van der Waals surface area (Å²) in [6.07, 6.45) is 2.25. The van der Waals surface area contributed by atoms with Crippen LogP contribution >= 0.6 is 0 Å². The van der Waals surface area contributed by atoms with E-state index in [0.717, 1.165) is 50.4 Å². The molecule has 0 radical (unpaired) electrons. The molecule has 0 spiro atoms. The number of hydrogen-bond donors (Lipinski definition) is 2. The maximum atomic E-state index is 8.13. The summed E-state index contributed by atoms with van der Waals surface area (Å²) >= 11 is 0. The zero-order valence-electron chi connectivity index (χ0n) is 18.6. The molecule has 31 heavy (non-hydrogen) atoms. The lowest BCUT2D eigenvalue weighted by atomic mass is 9.87. The lowest BCUT2D eigenvalue weighted by molar-refractivity contribution is 0.616. The van der Waals surface area contributed by atoms with Crippen LogP contribution in [-0.2, 0) is 0 Å². The third-order valence-corrected chi connectivity index (χ3v) is 5.99. The van der Waals surface area contributed by atoms with Gasteiger partial charge in [-0.2, -0.15) is 0 Å². The predicted octanol–water partition coefficient (Wildman–Crippen LogP) is 6.36. The number of allylic oxidation sites excluding steroid dienone is 1. The van der Waals surface area contributed by atoms with Crippen molar-refractivity contribution in [2.24, 2.45) is 0 Å². The quantitative estimate of drug-likeness (QED) is 0.379. The fourth-order valence-corrected chi connectivity index (χ4v) is 4.68. The van der Waals surface area contributed by atoms with Gasteiger partial charge in [0, 0.05) is 53.6 Å². The molecule has 5 rings (SSSR count). The zero-order valence-corrected chi connectivity index (χ0v) is 18.6. The Labute approximate surface area is 182 Å². The molecule has 2 heterocycles. The third kappa shape index (κ3) is 3.19. The molecule has 2 aliphatic heterocycles. The fraction of sp³-hybridized carbons (Fsp3) is 0.222. The molecule has 0 amide bonds. The van der Waals surface area contributed by atoms with Crippen molar-refractivity contribution >= 4 is 27.9 Å². The van der Waals surface area contributed by atoms with Crippen LogP contribution in [0.5, 0.6) is 0 Å². The van der Waals surface area contributed by atoms with Crippen LogP contribution in [-0.4, -0.2) is 19.6 Å². The molecule has 3 aliphatic rings. The van der Waals surface area contributed by atoms with Crippen molar-refractivity contribution in [3.63, 3.8) is 0 Å². The number of nitrogens with one attached hydrogen (secondary N) is 2. The summed E-state index contributed by atoms with van der Waals surface area (Å²) < 4.78 is 6.48. The second-order valence-electron chi connectivity index (χ2n) is 9.17. The van der Waals surface area contributed by atoms with E-state index < -0.39 is 0 Å². The van der Waals surface area contributed by atoms with E-state index in [9.17, 15) is 0 Å². The maximum Gasteiger partial charge on any atom is 0.144 e. The Hall–Kier alpha value is -3.53. The first-order valence-electron chi connectivity index (χ1n) is 10.6. The molecular formula is C27H27N3O. The van der Waals surface area contributed by atoms with Gasteiger partial charge < -0.3 is 20.0 Å². The second-order valence-corrected chi connectivity index (χ2v) is 9.17. The highest BCUT2D eigenvalue weighted by molar-refractivity contribution is 6.07. The van der Waals surface area contributed by atoms with E-state index in [0.29, 0.717) is 5.36 Å². The summed E-state index contributed by atoms with van der Waals surface area (Å²) in [5.74, 6) is 0.734. The van der Waals surface area contributed by atoms with Crippen LogP contribution in [0.1, 0.15) is 26.3 Å². The molecule has 156 valence electrons. The zero-order chi connectivity index (χ0) is 21.9. The summed E-state index contributed by atoms with van der Waals surface area (Å²) in [7, 11) is 4.10. The Morgan fingerprint density at radius 3 is 2.39 bits per heavy atom. The molecule has 0 bridgehead atoms. The van der Waals surface area contributed by atoms with Gasteiger partial charge in [0.05, 0.1) is 10.9 Å². The monoisotopic (exact) mass is 409 g/mol. The van der Waals surface area contributed by atoms with E-state index in [4.69, 9.17) is 9.83 Å². The van der Waals surface area contributed by atoms with Crippen molar-refractivity contribution in [3.8, 4) is 22.5 Å². The number of nitrogens with zero attached hydrogens (tertiary/aromatic N) is 1. The Balaban J connectivity index is 1.88. The highest BCUT2D eigenvalue weighted by atomic mass is 16.3. The Kier molecular flexibility index (Phi) is 4.23. The van der Waals surface area contributed by atoms with E-state index in [2.05, 4.69) is 73.5 Å². The number of fused-ring (bicyclic) bond motifs is 4. The van der Waals surface area contributed by atoms with Gasteiger partial charge in [0.1, 0.15) is 11.3 Å². The van der Waals surface area contributed by atoms with Gasteiger partial charge in [-0.05, 0) is 68.3 Å². The SMILES string of the molecule is CC1=CC(C)(C)Nc2ccc3c(-c4ccc(N(C)C)cc4)c4ccc(=N)cc-4oc3c21. The van der Waals surface area contributed by atoms with Crippen molar-refractivity contribution in [2.45, 2.75) is 26.3 Å². The van der Waals surface area contributed by atoms with Crippen LogP contribution in [0.15, 0.2) is 65.1 Å². The standard InChI is InChI=1S/C27H27N3O/c1-16-15-27(2,3)29-22-13-12-21-25(17-6-9-19(10-7-17)30(4)5)20-11-8-18(28)14-23(20)31-26(21)24(16)22/h6-15,28-29H,1-5H3. The molecule has 4 nitrogen and oxygen atoms in total. The first-order chi connectivity index (χ1) is 14.7. The van der Waals surface area contributed by atoms with Crippen molar-refractivity contribution in [2.75, 3.05) is 24.3 Å². The van der Waals surface area contributed by atoms with E-state index in [1.165, 1.54) is 5.57 Å². The topological polar surface area (TPSA) is 52.3 Å². The highest BCUT2D eigenvalue weighted by Gasteiger charge is 2.27. The van der Waals surface area contributed by atoms with Crippen LogP contribution in [0, 0.1) is 5.41 Å². The minimum Gasteiger partial charge on any atom is -0.455 e. The van der Waals surface area contributed by atoms with E-state index >= 15 is 0 Å². The van der Waals surface area contributed by atoms with Gasteiger partial charge in [-0.1, -0.05) is 18.2 Å². The van der Waals surface area contributed by atoms with Gasteiger partial charge in [-0.15, -0.1) is 0 Å². The summed E-state index contributed by atoms with van der Waals surface area (Å²) in [6, 6.07) is 18.6.